The van der Waals surface area contributed by atoms with Gasteiger partial charge in [0.1, 0.15) is 11.6 Å². The van der Waals surface area contributed by atoms with E-state index in [9.17, 15) is 8.42 Å². The van der Waals surface area contributed by atoms with E-state index in [1.54, 1.807) is 45.7 Å². The van der Waals surface area contributed by atoms with E-state index >= 15 is 0 Å². The minimum atomic E-state index is -1.16. The second kappa shape index (κ2) is 24.6. The van der Waals surface area contributed by atoms with Crippen molar-refractivity contribution in [3.05, 3.63) is 122 Å². The standard InChI is InChI=1S/C8H7Br2N3OS.C8H7Br2N3.C8H8BrN3OS.C8H8BrN3.C8H9N3S.2CH4/c1-4-6(9)7(10)5-3-11-8(15(2)14)12-13(4)5;1-4-7(9)8(10)6-3-11-5(2)12-13(4)6;1-5-3-6(9)7-4-10-8(14(2)13)11-12(5)7;1-5-3-7(9)8-4-10-6(2)11-12(5)8;1-6-3-4-7-5-9-8(12-2)10-11(6)7;;/h3H,1-2H3;3H,1-2H3;3-4H,1-2H3;3-4H,1-2H3;3-5H,1-2H3;2*1H4. The third-order valence-electron chi connectivity index (χ3n) is 9.31. The van der Waals surface area contributed by atoms with Crippen molar-refractivity contribution in [2.45, 2.75) is 78.8 Å². The Morgan fingerprint density at radius 2 is 0.882 bits per heavy atom. The molecule has 68 heavy (non-hydrogen) atoms. The molecule has 26 heteroatoms. The molecule has 0 aliphatic heterocycles. The van der Waals surface area contributed by atoms with E-state index < -0.39 is 21.6 Å². The Balaban J connectivity index is 0.000000184. The number of nitrogens with zero attached hydrogens (tertiary/aromatic N) is 15. The van der Waals surface area contributed by atoms with E-state index in [0.29, 0.717) is 10.3 Å². The van der Waals surface area contributed by atoms with Gasteiger partial charge in [-0.1, -0.05) is 26.6 Å². The molecular formula is C42H47Br6N15O2S3. The lowest BCUT2D eigenvalue weighted by Gasteiger charge is -1.98. The molecule has 2 atom stereocenters. The summed E-state index contributed by atoms with van der Waals surface area (Å²) in [6.07, 6.45) is 13.9. The first-order chi connectivity index (χ1) is 31.2. The van der Waals surface area contributed by atoms with E-state index in [1.807, 2.05) is 111 Å². The molecule has 362 valence electrons. The Bertz CT molecular complexity index is 3460. The lowest BCUT2D eigenvalue weighted by atomic mass is 10.5. The second-order valence-corrected chi connectivity index (χ2v) is 22.2. The van der Waals surface area contributed by atoms with Gasteiger partial charge in [0.2, 0.25) is 15.5 Å². The van der Waals surface area contributed by atoms with Gasteiger partial charge in [0, 0.05) is 38.5 Å². The predicted octanol–water partition coefficient (Wildman–Crippen LogP) is 11.8. The Kier molecular flexibility index (Phi) is 20.7. The van der Waals surface area contributed by atoms with Crippen molar-refractivity contribution in [1.29, 1.82) is 0 Å². The van der Waals surface area contributed by atoms with Gasteiger partial charge in [-0.2, -0.15) is 10.2 Å². The molecule has 10 rings (SSSR count). The highest BCUT2D eigenvalue weighted by molar-refractivity contribution is 9.13. The summed E-state index contributed by atoms with van der Waals surface area (Å²) in [5.41, 5.74) is 10.0. The van der Waals surface area contributed by atoms with Crippen molar-refractivity contribution in [3.63, 3.8) is 0 Å². The maximum atomic E-state index is 11.2. The minimum absolute atomic E-state index is 0. The summed E-state index contributed by atoms with van der Waals surface area (Å²) in [6, 6.07) is 8.03. The van der Waals surface area contributed by atoms with Gasteiger partial charge in [-0.05, 0) is 175 Å². The normalized spacial score (nSPS) is 11.6. The minimum Gasteiger partial charge on any atom is -0.251 e. The van der Waals surface area contributed by atoms with Crippen LogP contribution < -0.4 is 0 Å². The van der Waals surface area contributed by atoms with Crippen LogP contribution in [0.2, 0.25) is 0 Å². The van der Waals surface area contributed by atoms with Crippen LogP contribution in [0.3, 0.4) is 0 Å². The van der Waals surface area contributed by atoms with Crippen LogP contribution in [-0.2, 0) is 21.6 Å². The van der Waals surface area contributed by atoms with Crippen molar-refractivity contribution < 1.29 is 8.42 Å². The summed E-state index contributed by atoms with van der Waals surface area (Å²) in [5, 5.41) is 22.8. The lowest BCUT2D eigenvalue weighted by Crippen LogP contribution is -2.03. The fraction of sp³-hybridized carbons (Fsp3) is 0.286. The van der Waals surface area contributed by atoms with E-state index in [1.165, 1.54) is 0 Å². The van der Waals surface area contributed by atoms with Crippen LogP contribution in [0.25, 0.3) is 27.6 Å². The first-order valence-electron chi connectivity index (χ1n) is 19.1. The molecule has 0 radical (unpaired) electrons. The summed E-state index contributed by atoms with van der Waals surface area (Å²) < 4.78 is 37.4. The average Bonchev–Trinajstić information content (AvgIpc) is 4.03. The molecule has 10 aromatic heterocycles. The fourth-order valence-corrected chi connectivity index (χ4v) is 10.1. The van der Waals surface area contributed by atoms with Crippen LogP contribution in [-0.4, -0.2) is 100 Å². The van der Waals surface area contributed by atoms with Gasteiger partial charge in [0.25, 0.3) is 0 Å². The Morgan fingerprint density at radius 3 is 1.37 bits per heavy atom. The average molecular weight is 1370 g/mol. The zero-order chi connectivity index (χ0) is 48.3. The molecule has 0 aromatic carbocycles. The number of hydrogen-bond acceptors (Lipinski definition) is 13. The second-order valence-electron chi connectivity index (χ2n) is 14.0. The van der Waals surface area contributed by atoms with Crippen molar-refractivity contribution in [2.75, 3.05) is 18.8 Å². The zero-order valence-corrected chi connectivity index (χ0v) is 48.7. The Hall–Kier alpha value is -3.37. The summed E-state index contributed by atoms with van der Waals surface area (Å²) in [5.74, 6) is 1.55. The van der Waals surface area contributed by atoms with Gasteiger partial charge < -0.3 is 0 Å². The Morgan fingerprint density at radius 1 is 0.471 bits per heavy atom. The highest BCUT2D eigenvalue weighted by Gasteiger charge is 2.15. The number of aromatic nitrogens is 15. The fourth-order valence-electron chi connectivity index (χ4n) is 5.95. The molecule has 10 heterocycles. The van der Waals surface area contributed by atoms with Gasteiger partial charge >= 0.3 is 0 Å². The summed E-state index contributed by atoms with van der Waals surface area (Å²) >= 11 is 22.2. The maximum Gasteiger partial charge on any atom is 0.237 e. The van der Waals surface area contributed by atoms with Gasteiger partial charge in [-0.3, -0.25) is 8.42 Å². The van der Waals surface area contributed by atoms with E-state index in [0.717, 1.165) is 99.7 Å². The summed E-state index contributed by atoms with van der Waals surface area (Å²) in [7, 11) is -2.31. The van der Waals surface area contributed by atoms with Crippen LogP contribution >= 0.6 is 107 Å². The predicted molar refractivity (Wildman–Crippen MR) is 294 cm³/mol. The quantitative estimate of drug-likeness (QED) is 0.152. The van der Waals surface area contributed by atoms with Crippen LogP contribution in [0.4, 0.5) is 0 Å². The van der Waals surface area contributed by atoms with Crippen molar-refractivity contribution in [1.82, 2.24) is 73.0 Å². The van der Waals surface area contributed by atoms with Crippen molar-refractivity contribution >= 4 is 157 Å². The topological polar surface area (TPSA) is 185 Å². The number of thioether (sulfide) groups is 1. The molecule has 0 amide bonds. The SMILES string of the molecule is C.C.CSc1ncc2ccc(C)n2n1.Cc1c(Br)c(Br)c2cnc(S(C)=O)nn12.Cc1cc(Br)c2cnc(S(C)=O)nn12.Cc1ncc2c(Br)c(Br)c(C)n2n1.Cc1ncc2c(Br)cc(C)n2n1. The molecule has 0 N–H and O–H groups in total. The van der Waals surface area contributed by atoms with Gasteiger partial charge in [0.05, 0.1) is 109 Å². The number of fused-ring (bicyclic) bond motifs is 5. The van der Waals surface area contributed by atoms with Crippen molar-refractivity contribution in [2.24, 2.45) is 0 Å². The number of hydrogen-bond donors (Lipinski definition) is 0. The highest BCUT2D eigenvalue weighted by Crippen LogP contribution is 2.33. The molecule has 0 saturated carbocycles. The number of rotatable bonds is 3. The first-order valence-corrected chi connectivity index (χ1v) is 28.2. The maximum absolute atomic E-state index is 11.2. The van der Waals surface area contributed by atoms with Crippen LogP contribution in [0.5, 0.6) is 0 Å². The third kappa shape index (κ3) is 12.7. The highest BCUT2D eigenvalue weighted by atomic mass is 79.9. The molecule has 0 fully saturated rings. The van der Waals surface area contributed by atoms with E-state index in [2.05, 4.69) is 146 Å². The van der Waals surface area contributed by atoms with Gasteiger partial charge in [0.15, 0.2) is 0 Å². The molecule has 17 nitrogen and oxygen atoms in total. The molecule has 2 unspecified atom stereocenters. The molecule has 0 aliphatic carbocycles. The van der Waals surface area contributed by atoms with Gasteiger partial charge in [-0.15, -0.1) is 15.3 Å². The number of halogens is 6. The lowest BCUT2D eigenvalue weighted by molar-refractivity contribution is 0.670. The summed E-state index contributed by atoms with van der Waals surface area (Å²) in [6.45, 7) is 13.7. The third-order valence-corrected chi connectivity index (χ3v) is 17.1. The molecular weight excluding hydrogens is 1320 g/mol. The Labute approximate surface area is 453 Å². The zero-order valence-electron chi connectivity index (χ0n) is 36.7. The van der Waals surface area contributed by atoms with Gasteiger partial charge in [-0.25, -0.2) is 47.5 Å². The number of aryl methyl sites for hydroxylation is 7. The van der Waals surface area contributed by atoms with Crippen LogP contribution in [0.15, 0.2) is 97.6 Å². The van der Waals surface area contributed by atoms with E-state index in [-0.39, 0.29) is 14.9 Å². The van der Waals surface area contributed by atoms with Crippen LogP contribution in [0, 0.1) is 48.5 Å². The first kappa shape index (κ1) is 57.2. The molecule has 0 saturated heterocycles. The smallest absolute Gasteiger partial charge is 0.237 e. The van der Waals surface area contributed by atoms with Crippen molar-refractivity contribution in [3.8, 4) is 0 Å². The monoisotopic (exact) mass is 1360 g/mol. The van der Waals surface area contributed by atoms with Crippen LogP contribution in [0.1, 0.15) is 55.0 Å². The largest absolute Gasteiger partial charge is 0.251 e. The molecule has 0 bridgehead atoms. The molecule has 10 aromatic rings. The molecule has 0 aliphatic rings. The molecule has 0 spiro atoms. The van der Waals surface area contributed by atoms with E-state index in [4.69, 9.17) is 0 Å². The summed E-state index contributed by atoms with van der Waals surface area (Å²) in [4.78, 5) is 20.5.